The van der Waals surface area contributed by atoms with Gasteiger partial charge in [-0.05, 0) is 18.9 Å². The molecule has 20 heavy (non-hydrogen) atoms. The number of rotatable bonds is 5. The van der Waals surface area contributed by atoms with E-state index in [0.717, 1.165) is 17.1 Å². The highest BCUT2D eigenvalue weighted by Gasteiger charge is 2.19. The molecule has 0 amide bonds. The van der Waals surface area contributed by atoms with Crippen molar-refractivity contribution in [3.63, 3.8) is 0 Å². The molecule has 0 saturated heterocycles. The first-order chi connectivity index (χ1) is 9.51. The van der Waals surface area contributed by atoms with Crippen molar-refractivity contribution in [2.24, 2.45) is 13.0 Å². The Hall–Kier alpha value is -1.53. The van der Waals surface area contributed by atoms with Crippen LogP contribution in [0.3, 0.4) is 0 Å². The van der Waals surface area contributed by atoms with Crippen molar-refractivity contribution in [2.75, 3.05) is 6.61 Å². The van der Waals surface area contributed by atoms with Crippen LogP contribution in [0.1, 0.15) is 32.7 Å². The number of hydrogen-bond acceptors (Lipinski definition) is 4. The van der Waals surface area contributed by atoms with Gasteiger partial charge in [0.2, 0.25) is 0 Å². The number of nitrogens with one attached hydrogen (secondary N) is 1. The van der Waals surface area contributed by atoms with Crippen molar-refractivity contribution < 1.29 is 4.74 Å². The number of aromatic nitrogens is 4. The predicted molar refractivity (Wildman–Crippen MR) is 80.8 cm³/mol. The van der Waals surface area contributed by atoms with Crippen molar-refractivity contribution in [1.82, 2.24) is 19.7 Å². The Kier molecular flexibility index (Phi) is 4.67. The molecule has 0 aromatic carbocycles. The maximum atomic E-state index is 5.78. The summed E-state index contributed by atoms with van der Waals surface area (Å²) in [5, 5.41) is 4.18. The highest BCUT2D eigenvalue weighted by atomic mass is 32.1. The molecule has 0 aliphatic heterocycles. The van der Waals surface area contributed by atoms with Gasteiger partial charge in [-0.15, -0.1) is 0 Å². The fourth-order valence-electron chi connectivity index (χ4n) is 2.09. The van der Waals surface area contributed by atoms with Crippen LogP contribution in [0.4, 0.5) is 0 Å². The van der Waals surface area contributed by atoms with Crippen LogP contribution in [0.15, 0.2) is 18.5 Å². The van der Waals surface area contributed by atoms with Crippen LogP contribution in [0, 0.1) is 10.6 Å². The molecule has 2 heterocycles. The molecule has 5 nitrogen and oxygen atoms in total. The van der Waals surface area contributed by atoms with Crippen LogP contribution < -0.4 is 0 Å². The number of ether oxygens (including phenoxy) is 1. The summed E-state index contributed by atoms with van der Waals surface area (Å²) in [6.07, 6.45) is 3.66. The normalized spacial score (nSPS) is 12.8. The molecule has 0 saturated carbocycles. The number of nitrogens with zero attached hydrogens (tertiary/aromatic N) is 3. The molecule has 6 heteroatoms. The Morgan fingerprint density at radius 1 is 1.45 bits per heavy atom. The van der Waals surface area contributed by atoms with Gasteiger partial charge in [-0.3, -0.25) is 4.68 Å². The van der Waals surface area contributed by atoms with Crippen LogP contribution in [0.2, 0.25) is 0 Å². The van der Waals surface area contributed by atoms with E-state index in [1.807, 2.05) is 26.2 Å². The lowest BCUT2D eigenvalue weighted by Gasteiger charge is -2.20. The first-order valence-corrected chi connectivity index (χ1v) is 7.14. The molecule has 0 fully saturated rings. The highest BCUT2D eigenvalue weighted by molar-refractivity contribution is 7.71. The fraction of sp³-hybridized carbons (Fsp3) is 0.500. The minimum Gasteiger partial charge on any atom is -0.370 e. The Bertz CT molecular complexity index is 632. The lowest BCUT2D eigenvalue weighted by Crippen LogP contribution is -2.15. The molecule has 2 aromatic heterocycles. The summed E-state index contributed by atoms with van der Waals surface area (Å²) in [6, 6.07) is 1.85. The second-order valence-electron chi connectivity index (χ2n) is 5.04. The van der Waals surface area contributed by atoms with Crippen LogP contribution >= 0.6 is 12.2 Å². The molecule has 0 aliphatic carbocycles. The van der Waals surface area contributed by atoms with E-state index in [-0.39, 0.29) is 6.10 Å². The van der Waals surface area contributed by atoms with Crippen molar-refractivity contribution >= 4 is 12.2 Å². The van der Waals surface area contributed by atoms with Crippen molar-refractivity contribution in [1.29, 1.82) is 0 Å². The number of H-pyrrole nitrogens is 1. The third kappa shape index (κ3) is 3.32. The van der Waals surface area contributed by atoms with Crippen LogP contribution in [-0.2, 0) is 11.8 Å². The minimum absolute atomic E-state index is 0.0849. The molecule has 1 N–H and O–H groups in total. The van der Waals surface area contributed by atoms with Gasteiger partial charge in [-0.1, -0.05) is 26.1 Å². The van der Waals surface area contributed by atoms with E-state index in [1.54, 1.807) is 10.9 Å². The molecule has 1 atom stereocenters. The van der Waals surface area contributed by atoms with Crippen LogP contribution in [0.5, 0.6) is 0 Å². The van der Waals surface area contributed by atoms with Crippen molar-refractivity contribution in [3.05, 3.63) is 28.9 Å². The second-order valence-corrected chi connectivity index (χ2v) is 5.46. The first kappa shape index (κ1) is 14.9. The molecular formula is C14H20N4OS. The van der Waals surface area contributed by atoms with Gasteiger partial charge < -0.3 is 9.72 Å². The third-order valence-electron chi connectivity index (χ3n) is 3.00. The van der Waals surface area contributed by atoms with Gasteiger partial charge in [0.1, 0.15) is 16.6 Å². The van der Waals surface area contributed by atoms with Gasteiger partial charge in [0.05, 0.1) is 11.9 Å². The first-order valence-electron chi connectivity index (χ1n) is 6.73. The van der Waals surface area contributed by atoms with E-state index in [4.69, 9.17) is 17.0 Å². The van der Waals surface area contributed by atoms with Gasteiger partial charge in [0, 0.05) is 25.4 Å². The van der Waals surface area contributed by atoms with E-state index in [1.165, 1.54) is 0 Å². The van der Waals surface area contributed by atoms with E-state index in [2.05, 4.69) is 28.9 Å². The molecule has 1 unspecified atom stereocenters. The van der Waals surface area contributed by atoms with Crippen LogP contribution in [-0.4, -0.2) is 26.4 Å². The molecular weight excluding hydrogens is 272 g/mol. The summed E-state index contributed by atoms with van der Waals surface area (Å²) in [4.78, 5) is 7.74. The molecule has 0 aliphatic rings. The van der Waals surface area contributed by atoms with E-state index < -0.39 is 0 Å². The zero-order valence-corrected chi connectivity index (χ0v) is 13.1. The van der Waals surface area contributed by atoms with E-state index >= 15 is 0 Å². The summed E-state index contributed by atoms with van der Waals surface area (Å²) in [6.45, 7) is 6.84. The Morgan fingerprint density at radius 2 is 2.20 bits per heavy atom. The lowest BCUT2D eigenvalue weighted by molar-refractivity contribution is 0.0232. The van der Waals surface area contributed by atoms with Gasteiger partial charge in [-0.25, -0.2) is 4.98 Å². The summed E-state index contributed by atoms with van der Waals surface area (Å²) in [7, 11) is 1.89. The fourth-order valence-corrected chi connectivity index (χ4v) is 2.31. The van der Waals surface area contributed by atoms with Gasteiger partial charge in [-0.2, -0.15) is 5.10 Å². The molecule has 2 aromatic rings. The predicted octanol–water partition coefficient (Wildman–Crippen LogP) is 3.27. The molecule has 0 radical (unpaired) electrons. The average Bonchev–Trinajstić information content (AvgIpc) is 2.81. The zero-order chi connectivity index (χ0) is 14.7. The smallest absolute Gasteiger partial charge is 0.137 e. The van der Waals surface area contributed by atoms with Gasteiger partial charge in [0.15, 0.2) is 0 Å². The number of hydrogen-bond donors (Lipinski definition) is 1. The number of aryl methyl sites for hydroxylation is 1. The maximum Gasteiger partial charge on any atom is 0.137 e. The largest absolute Gasteiger partial charge is 0.370 e. The SMILES string of the molecule is CCOC(c1nc(=S)cc(-c2cnn(C)c2)[nH]1)C(C)C. The highest BCUT2D eigenvalue weighted by Crippen LogP contribution is 2.25. The van der Waals surface area contributed by atoms with Crippen molar-refractivity contribution in [2.45, 2.75) is 26.9 Å². The van der Waals surface area contributed by atoms with Crippen molar-refractivity contribution in [3.8, 4) is 11.3 Å². The zero-order valence-electron chi connectivity index (χ0n) is 12.3. The maximum absolute atomic E-state index is 5.78. The third-order valence-corrected chi connectivity index (χ3v) is 3.21. The number of aromatic amines is 1. The quantitative estimate of drug-likeness (QED) is 0.859. The molecule has 108 valence electrons. The Labute approximate surface area is 124 Å². The second kappa shape index (κ2) is 6.28. The van der Waals surface area contributed by atoms with Gasteiger partial charge in [0.25, 0.3) is 0 Å². The topological polar surface area (TPSA) is 55.7 Å². The molecule has 0 spiro atoms. The molecule has 0 bridgehead atoms. The summed E-state index contributed by atoms with van der Waals surface area (Å²) >= 11 is 5.27. The summed E-state index contributed by atoms with van der Waals surface area (Å²) in [5.74, 6) is 1.09. The lowest BCUT2D eigenvalue weighted by atomic mass is 10.1. The summed E-state index contributed by atoms with van der Waals surface area (Å²) in [5.41, 5.74) is 1.90. The average molecular weight is 292 g/mol. The van der Waals surface area contributed by atoms with Crippen LogP contribution in [0.25, 0.3) is 11.3 Å². The van der Waals surface area contributed by atoms with E-state index in [9.17, 15) is 0 Å². The van der Waals surface area contributed by atoms with Gasteiger partial charge >= 0.3 is 0 Å². The Balaban J connectivity index is 2.45. The minimum atomic E-state index is -0.0849. The summed E-state index contributed by atoms with van der Waals surface area (Å²) < 4.78 is 8.10. The van der Waals surface area contributed by atoms with E-state index in [0.29, 0.717) is 17.2 Å². The standard InChI is InChI=1S/C14H20N4OS/c1-5-19-13(9(2)3)14-16-11(6-12(20)17-14)10-7-15-18(4)8-10/h6-9,13H,5H2,1-4H3,(H,16,17,20). The monoisotopic (exact) mass is 292 g/mol. The Morgan fingerprint density at radius 3 is 2.75 bits per heavy atom. The molecule has 2 rings (SSSR count).